The maximum absolute atomic E-state index is 9.90. The van der Waals surface area contributed by atoms with Gasteiger partial charge in [0, 0.05) is 18.1 Å². The zero-order valence-corrected chi connectivity index (χ0v) is 8.42. The molecule has 0 saturated heterocycles. The standard InChI is InChI=1S/C6H10O.C4H4O4/c1-3-6(4-2)5-7;5-3(6)1-2-4(7)8/h3,5-6H,1,4H2,2H3;1-2H,(H,5,6)(H,7,8)/b;2-1-. The first-order chi connectivity index (χ1) is 6.97. The molecule has 5 heteroatoms. The van der Waals surface area contributed by atoms with E-state index in [1.807, 2.05) is 6.92 Å². The number of hydrogen-bond acceptors (Lipinski definition) is 3. The Morgan fingerprint density at radius 1 is 1.27 bits per heavy atom. The maximum Gasteiger partial charge on any atom is 0.328 e. The lowest BCUT2D eigenvalue weighted by Gasteiger charge is -1.92. The van der Waals surface area contributed by atoms with Crippen LogP contribution in [0.3, 0.4) is 0 Å². The van der Waals surface area contributed by atoms with Crippen molar-refractivity contribution in [1.29, 1.82) is 0 Å². The van der Waals surface area contributed by atoms with Crippen molar-refractivity contribution in [2.75, 3.05) is 0 Å². The third-order valence-electron chi connectivity index (χ3n) is 1.32. The molecule has 0 aliphatic carbocycles. The predicted molar refractivity (Wildman–Crippen MR) is 54.5 cm³/mol. The van der Waals surface area contributed by atoms with Gasteiger partial charge in [0.15, 0.2) is 0 Å². The second-order valence-electron chi connectivity index (χ2n) is 2.45. The Morgan fingerprint density at radius 3 is 1.73 bits per heavy atom. The van der Waals surface area contributed by atoms with E-state index in [0.717, 1.165) is 12.7 Å². The van der Waals surface area contributed by atoms with E-state index >= 15 is 0 Å². The summed E-state index contributed by atoms with van der Waals surface area (Å²) < 4.78 is 0. The molecular formula is C10H14O5. The van der Waals surface area contributed by atoms with Crippen molar-refractivity contribution < 1.29 is 24.6 Å². The normalized spacial score (nSPS) is 11.0. The molecule has 0 heterocycles. The van der Waals surface area contributed by atoms with Crippen LogP contribution in [-0.4, -0.2) is 28.4 Å². The Kier molecular flexibility index (Phi) is 10.6. The first-order valence-corrected chi connectivity index (χ1v) is 4.19. The van der Waals surface area contributed by atoms with E-state index in [1.54, 1.807) is 6.08 Å². The highest BCUT2D eigenvalue weighted by atomic mass is 16.4. The van der Waals surface area contributed by atoms with Gasteiger partial charge < -0.3 is 15.0 Å². The second-order valence-corrected chi connectivity index (χ2v) is 2.45. The van der Waals surface area contributed by atoms with Crippen LogP contribution in [0.5, 0.6) is 0 Å². The molecule has 0 radical (unpaired) electrons. The number of hydrogen-bond donors (Lipinski definition) is 2. The average molecular weight is 214 g/mol. The van der Waals surface area contributed by atoms with Gasteiger partial charge in [0.25, 0.3) is 0 Å². The Balaban J connectivity index is 0. The fraction of sp³-hybridized carbons (Fsp3) is 0.300. The minimum atomic E-state index is -1.26. The topological polar surface area (TPSA) is 91.7 Å². The maximum atomic E-state index is 9.90. The van der Waals surface area contributed by atoms with Crippen LogP contribution in [-0.2, 0) is 14.4 Å². The molecular weight excluding hydrogens is 200 g/mol. The summed E-state index contributed by atoms with van der Waals surface area (Å²) in [4.78, 5) is 29.0. The van der Waals surface area contributed by atoms with Crippen molar-refractivity contribution >= 4 is 18.2 Å². The summed E-state index contributed by atoms with van der Waals surface area (Å²) >= 11 is 0. The van der Waals surface area contributed by atoms with Crippen molar-refractivity contribution in [3.05, 3.63) is 24.8 Å². The quantitative estimate of drug-likeness (QED) is 0.406. The van der Waals surface area contributed by atoms with Crippen LogP contribution in [0, 0.1) is 5.92 Å². The molecule has 15 heavy (non-hydrogen) atoms. The van der Waals surface area contributed by atoms with E-state index in [1.165, 1.54) is 0 Å². The molecule has 0 fully saturated rings. The van der Waals surface area contributed by atoms with Crippen molar-refractivity contribution in [2.24, 2.45) is 5.92 Å². The number of allylic oxidation sites excluding steroid dienone is 1. The van der Waals surface area contributed by atoms with E-state index in [4.69, 9.17) is 10.2 Å². The molecule has 5 nitrogen and oxygen atoms in total. The van der Waals surface area contributed by atoms with Crippen LogP contribution in [0.25, 0.3) is 0 Å². The molecule has 0 aliphatic heterocycles. The second kappa shape index (κ2) is 10.2. The molecule has 0 bridgehead atoms. The summed E-state index contributed by atoms with van der Waals surface area (Å²) in [7, 11) is 0. The van der Waals surface area contributed by atoms with Gasteiger partial charge in [-0.05, 0) is 6.42 Å². The van der Waals surface area contributed by atoms with Gasteiger partial charge in [-0.2, -0.15) is 0 Å². The summed E-state index contributed by atoms with van der Waals surface area (Å²) in [6, 6.07) is 0. The zero-order valence-electron chi connectivity index (χ0n) is 8.42. The van der Waals surface area contributed by atoms with Crippen LogP contribution in [0.4, 0.5) is 0 Å². The molecule has 0 spiro atoms. The third kappa shape index (κ3) is 14.9. The van der Waals surface area contributed by atoms with Crippen molar-refractivity contribution in [3.8, 4) is 0 Å². The lowest BCUT2D eigenvalue weighted by molar-refractivity contribution is -0.134. The Hall–Kier alpha value is -1.91. The number of carbonyl (C=O) groups excluding carboxylic acids is 1. The van der Waals surface area contributed by atoms with Crippen LogP contribution >= 0.6 is 0 Å². The molecule has 0 aromatic carbocycles. The fourth-order valence-corrected chi connectivity index (χ4v) is 0.461. The Morgan fingerprint density at radius 2 is 1.67 bits per heavy atom. The molecule has 2 N–H and O–H groups in total. The summed E-state index contributed by atoms with van der Waals surface area (Å²) in [5, 5.41) is 15.6. The number of carboxylic acids is 2. The smallest absolute Gasteiger partial charge is 0.328 e. The minimum absolute atomic E-state index is 0.0694. The third-order valence-corrected chi connectivity index (χ3v) is 1.32. The van der Waals surface area contributed by atoms with Gasteiger partial charge in [0.2, 0.25) is 0 Å². The monoisotopic (exact) mass is 214 g/mol. The zero-order chi connectivity index (χ0) is 12.3. The molecule has 0 aliphatic rings. The molecule has 0 saturated carbocycles. The number of aldehydes is 1. The average Bonchev–Trinajstić information content (AvgIpc) is 2.18. The predicted octanol–water partition coefficient (Wildman–Crippen LogP) is 1.11. The van der Waals surface area contributed by atoms with Crippen molar-refractivity contribution in [2.45, 2.75) is 13.3 Å². The van der Waals surface area contributed by atoms with E-state index in [-0.39, 0.29) is 5.92 Å². The van der Waals surface area contributed by atoms with Crippen LogP contribution in [0.15, 0.2) is 24.8 Å². The minimum Gasteiger partial charge on any atom is -0.478 e. The van der Waals surface area contributed by atoms with Gasteiger partial charge in [0.05, 0.1) is 0 Å². The summed E-state index contributed by atoms with van der Waals surface area (Å²) in [6.45, 7) is 5.43. The van der Waals surface area contributed by atoms with E-state index < -0.39 is 11.9 Å². The first-order valence-electron chi connectivity index (χ1n) is 4.19. The Bertz CT molecular complexity index is 231. The van der Waals surface area contributed by atoms with Crippen molar-refractivity contribution in [3.63, 3.8) is 0 Å². The highest BCUT2D eigenvalue weighted by Crippen LogP contribution is 1.96. The molecule has 84 valence electrons. The molecule has 1 unspecified atom stereocenters. The largest absolute Gasteiger partial charge is 0.478 e. The Labute approximate surface area is 87.7 Å². The number of carboxylic acid groups (broad SMARTS) is 2. The van der Waals surface area contributed by atoms with Gasteiger partial charge >= 0.3 is 11.9 Å². The first kappa shape index (κ1) is 15.6. The molecule has 0 aromatic rings. The van der Waals surface area contributed by atoms with Crippen LogP contribution in [0.2, 0.25) is 0 Å². The van der Waals surface area contributed by atoms with Crippen LogP contribution in [0.1, 0.15) is 13.3 Å². The van der Waals surface area contributed by atoms with E-state index in [0.29, 0.717) is 12.2 Å². The fourth-order valence-electron chi connectivity index (χ4n) is 0.461. The van der Waals surface area contributed by atoms with Gasteiger partial charge in [-0.25, -0.2) is 9.59 Å². The molecule has 0 amide bonds. The molecule has 0 rings (SSSR count). The highest BCUT2D eigenvalue weighted by molar-refractivity contribution is 5.89. The van der Waals surface area contributed by atoms with Gasteiger partial charge in [-0.1, -0.05) is 13.0 Å². The van der Waals surface area contributed by atoms with E-state index in [9.17, 15) is 14.4 Å². The van der Waals surface area contributed by atoms with Crippen LogP contribution < -0.4 is 0 Å². The van der Waals surface area contributed by atoms with E-state index in [2.05, 4.69) is 6.58 Å². The van der Waals surface area contributed by atoms with Gasteiger partial charge in [0.1, 0.15) is 6.29 Å². The molecule has 0 aromatic heterocycles. The summed E-state index contributed by atoms with van der Waals surface area (Å²) in [5.74, 6) is -2.44. The number of aliphatic carboxylic acids is 2. The lowest BCUT2D eigenvalue weighted by Crippen LogP contribution is -1.92. The summed E-state index contributed by atoms with van der Waals surface area (Å²) in [6.07, 6.45) is 4.55. The molecule has 1 atom stereocenters. The van der Waals surface area contributed by atoms with Gasteiger partial charge in [-0.3, -0.25) is 0 Å². The number of carbonyl (C=O) groups is 3. The highest BCUT2D eigenvalue weighted by Gasteiger charge is 1.93. The summed E-state index contributed by atoms with van der Waals surface area (Å²) in [5.41, 5.74) is 0. The SMILES string of the molecule is C=CC(C=O)CC.O=C(O)/C=C\C(=O)O. The van der Waals surface area contributed by atoms with Gasteiger partial charge in [-0.15, -0.1) is 6.58 Å². The lowest BCUT2D eigenvalue weighted by atomic mass is 10.1. The van der Waals surface area contributed by atoms with Crippen molar-refractivity contribution in [1.82, 2.24) is 0 Å². The number of rotatable bonds is 5.